The van der Waals surface area contributed by atoms with Gasteiger partial charge in [0, 0.05) is 23.5 Å². The van der Waals surface area contributed by atoms with Crippen molar-refractivity contribution in [3.05, 3.63) is 33.8 Å². The monoisotopic (exact) mass is 331 g/mol. The molecule has 0 heterocycles. The Bertz CT molecular complexity index is 520. The van der Waals surface area contributed by atoms with Crippen LogP contribution in [-0.4, -0.2) is 30.4 Å². The lowest BCUT2D eigenvalue weighted by Crippen LogP contribution is -2.30. The number of amides is 1. The van der Waals surface area contributed by atoms with Crippen molar-refractivity contribution in [2.24, 2.45) is 0 Å². The molecule has 6 heteroatoms. The van der Waals surface area contributed by atoms with Crippen LogP contribution in [0.4, 0.5) is 0 Å². The molecule has 0 N–H and O–H groups in total. The second kappa shape index (κ2) is 8.25. The zero-order valence-corrected chi connectivity index (χ0v) is 13.9. The zero-order valence-electron chi connectivity index (χ0n) is 12.4. The largest absolute Gasteiger partial charge is 0.466 e. The first kappa shape index (κ1) is 17.8. The SMILES string of the molecule is CCOC(=O)CCC(=O)N(C)C(C)c1ccc(Cl)cc1Cl. The average molecular weight is 332 g/mol. The molecule has 1 aromatic carbocycles. The third-order valence-corrected chi connectivity index (χ3v) is 3.80. The van der Waals surface area contributed by atoms with Crippen molar-refractivity contribution in [3.8, 4) is 0 Å². The number of rotatable bonds is 6. The molecule has 21 heavy (non-hydrogen) atoms. The van der Waals surface area contributed by atoms with Gasteiger partial charge in [0.15, 0.2) is 0 Å². The highest BCUT2D eigenvalue weighted by molar-refractivity contribution is 6.35. The fourth-order valence-corrected chi connectivity index (χ4v) is 2.45. The van der Waals surface area contributed by atoms with Crippen molar-refractivity contribution in [2.45, 2.75) is 32.7 Å². The lowest BCUT2D eigenvalue weighted by molar-refractivity contribution is -0.145. The molecule has 116 valence electrons. The molecule has 1 atom stereocenters. The van der Waals surface area contributed by atoms with E-state index in [0.717, 1.165) is 5.56 Å². The Hall–Kier alpha value is -1.26. The molecule has 0 saturated heterocycles. The van der Waals surface area contributed by atoms with Gasteiger partial charge in [0.1, 0.15) is 0 Å². The molecule has 1 unspecified atom stereocenters. The number of carbonyl (C=O) groups is 2. The molecule has 1 aromatic rings. The van der Waals surface area contributed by atoms with Crippen molar-refractivity contribution in [3.63, 3.8) is 0 Å². The van der Waals surface area contributed by atoms with Crippen LogP contribution in [0.15, 0.2) is 18.2 Å². The van der Waals surface area contributed by atoms with Gasteiger partial charge < -0.3 is 9.64 Å². The molecular formula is C15H19Cl2NO3. The highest BCUT2D eigenvalue weighted by Gasteiger charge is 2.20. The Balaban J connectivity index is 2.66. The summed E-state index contributed by atoms with van der Waals surface area (Å²) in [5, 5.41) is 1.06. The van der Waals surface area contributed by atoms with Crippen LogP contribution in [0.1, 0.15) is 38.3 Å². The van der Waals surface area contributed by atoms with Crippen LogP contribution in [0.5, 0.6) is 0 Å². The van der Waals surface area contributed by atoms with E-state index >= 15 is 0 Å². The molecule has 0 aromatic heterocycles. The van der Waals surface area contributed by atoms with Crippen molar-refractivity contribution < 1.29 is 14.3 Å². The Labute approximate surface area is 135 Å². The summed E-state index contributed by atoms with van der Waals surface area (Å²) in [4.78, 5) is 24.9. The summed E-state index contributed by atoms with van der Waals surface area (Å²) in [7, 11) is 1.68. The molecular weight excluding hydrogens is 313 g/mol. The first-order chi connectivity index (χ1) is 9.86. The van der Waals surface area contributed by atoms with Gasteiger partial charge in [-0.3, -0.25) is 9.59 Å². The highest BCUT2D eigenvalue weighted by atomic mass is 35.5. The fraction of sp³-hybridized carbons (Fsp3) is 0.467. The third-order valence-electron chi connectivity index (χ3n) is 3.24. The van der Waals surface area contributed by atoms with E-state index in [0.29, 0.717) is 16.7 Å². The molecule has 0 fully saturated rings. The molecule has 1 amide bonds. The summed E-state index contributed by atoms with van der Waals surface area (Å²) >= 11 is 12.0. The van der Waals surface area contributed by atoms with Gasteiger partial charge in [-0.15, -0.1) is 0 Å². The lowest BCUT2D eigenvalue weighted by Gasteiger charge is -2.26. The van der Waals surface area contributed by atoms with Gasteiger partial charge >= 0.3 is 5.97 Å². The van der Waals surface area contributed by atoms with Gasteiger partial charge in [-0.1, -0.05) is 29.3 Å². The van der Waals surface area contributed by atoms with E-state index in [1.807, 2.05) is 6.92 Å². The summed E-state index contributed by atoms with van der Waals surface area (Å²) in [6.45, 7) is 3.92. The molecule has 4 nitrogen and oxygen atoms in total. The van der Waals surface area contributed by atoms with Crippen molar-refractivity contribution >= 4 is 35.1 Å². The van der Waals surface area contributed by atoms with E-state index < -0.39 is 0 Å². The van der Waals surface area contributed by atoms with Crippen LogP contribution in [0, 0.1) is 0 Å². The van der Waals surface area contributed by atoms with E-state index in [-0.39, 0.29) is 30.8 Å². The van der Waals surface area contributed by atoms with Crippen LogP contribution < -0.4 is 0 Å². The number of carbonyl (C=O) groups excluding carboxylic acids is 2. The molecule has 0 spiro atoms. The van der Waals surface area contributed by atoms with Crippen molar-refractivity contribution in [1.29, 1.82) is 0 Å². The van der Waals surface area contributed by atoms with Gasteiger partial charge in [0.25, 0.3) is 0 Å². The molecule has 0 radical (unpaired) electrons. The minimum absolute atomic E-state index is 0.0814. The molecule has 0 aliphatic heterocycles. The van der Waals surface area contributed by atoms with Crippen LogP contribution in [-0.2, 0) is 14.3 Å². The number of halogens is 2. The topological polar surface area (TPSA) is 46.6 Å². The molecule has 0 saturated carbocycles. The fourth-order valence-electron chi connectivity index (χ4n) is 1.88. The maximum atomic E-state index is 12.1. The van der Waals surface area contributed by atoms with E-state index in [2.05, 4.69) is 0 Å². The summed E-state index contributed by atoms with van der Waals surface area (Å²) in [5.74, 6) is -0.502. The summed E-state index contributed by atoms with van der Waals surface area (Å²) < 4.78 is 4.80. The number of benzene rings is 1. The predicted molar refractivity (Wildman–Crippen MR) is 83.5 cm³/mol. The minimum atomic E-state index is -0.364. The van der Waals surface area contributed by atoms with Gasteiger partial charge in [0.05, 0.1) is 19.1 Å². The van der Waals surface area contributed by atoms with E-state index in [9.17, 15) is 9.59 Å². The molecule has 0 aliphatic carbocycles. The third kappa shape index (κ3) is 5.21. The second-order valence-electron chi connectivity index (χ2n) is 4.65. The summed E-state index contributed by atoms with van der Waals surface area (Å²) in [6.07, 6.45) is 0.197. The Kier molecular flexibility index (Phi) is 6.99. The van der Waals surface area contributed by atoms with Gasteiger partial charge in [-0.2, -0.15) is 0 Å². The number of hydrogen-bond donors (Lipinski definition) is 0. The number of hydrogen-bond acceptors (Lipinski definition) is 3. The van der Waals surface area contributed by atoms with E-state index in [4.69, 9.17) is 27.9 Å². The standard InChI is InChI=1S/C15H19Cl2NO3/c1-4-21-15(20)8-7-14(19)18(3)10(2)12-6-5-11(16)9-13(12)17/h5-6,9-10H,4,7-8H2,1-3H3. The van der Waals surface area contributed by atoms with Crippen LogP contribution in [0.3, 0.4) is 0 Å². The number of ether oxygens (including phenoxy) is 1. The van der Waals surface area contributed by atoms with E-state index in [1.54, 1.807) is 37.1 Å². The molecule has 0 aliphatic rings. The van der Waals surface area contributed by atoms with Gasteiger partial charge in [0.2, 0.25) is 5.91 Å². The minimum Gasteiger partial charge on any atom is -0.466 e. The Morgan fingerprint density at radius 3 is 2.52 bits per heavy atom. The van der Waals surface area contributed by atoms with Gasteiger partial charge in [-0.25, -0.2) is 0 Å². The smallest absolute Gasteiger partial charge is 0.306 e. The van der Waals surface area contributed by atoms with E-state index in [1.165, 1.54) is 0 Å². The van der Waals surface area contributed by atoms with Crippen LogP contribution in [0.2, 0.25) is 10.0 Å². The number of esters is 1. The van der Waals surface area contributed by atoms with Crippen LogP contribution >= 0.6 is 23.2 Å². The van der Waals surface area contributed by atoms with Crippen LogP contribution in [0.25, 0.3) is 0 Å². The average Bonchev–Trinajstić information content (AvgIpc) is 2.43. The number of nitrogens with zero attached hydrogens (tertiary/aromatic N) is 1. The Morgan fingerprint density at radius 1 is 1.29 bits per heavy atom. The Morgan fingerprint density at radius 2 is 1.95 bits per heavy atom. The zero-order chi connectivity index (χ0) is 16.0. The maximum absolute atomic E-state index is 12.1. The van der Waals surface area contributed by atoms with Gasteiger partial charge in [-0.05, 0) is 31.5 Å². The highest BCUT2D eigenvalue weighted by Crippen LogP contribution is 2.29. The first-order valence-corrected chi connectivity index (χ1v) is 7.48. The maximum Gasteiger partial charge on any atom is 0.306 e. The molecule has 0 bridgehead atoms. The lowest BCUT2D eigenvalue weighted by atomic mass is 10.1. The predicted octanol–water partition coefficient (Wildman–Crippen LogP) is 3.86. The normalized spacial score (nSPS) is 11.9. The molecule has 1 rings (SSSR count). The summed E-state index contributed by atoms with van der Waals surface area (Å²) in [5.41, 5.74) is 0.813. The second-order valence-corrected chi connectivity index (χ2v) is 5.50. The quantitative estimate of drug-likeness (QED) is 0.743. The van der Waals surface area contributed by atoms with Crippen molar-refractivity contribution in [1.82, 2.24) is 4.90 Å². The summed E-state index contributed by atoms with van der Waals surface area (Å²) in [6, 6.07) is 4.97. The van der Waals surface area contributed by atoms with Crippen molar-refractivity contribution in [2.75, 3.05) is 13.7 Å². The first-order valence-electron chi connectivity index (χ1n) is 6.73.